The van der Waals surface area contributed by atoms with Gasteiger partial charge in [0.15, 0.2) is 0 Å². The Hall–Kier alpha value is -2.41. The van der Waals surface area contributed by atoms with Crippen molar-refractivity contribution in [3.8, 4) is 0 Å². The van der Waals surface area contributed by atoms with Gasteiger partial charge in [-0.2, -0.15) is 0 Å². The van der Waals surface area contributed by atoms with Gasteiger partial charge >= 0.3 is 0 Å². The van der Waals surface area contributed by atoms with Crippen molar-refractivity contribution in [3.63, 3.8) is 0 Å². The fourth-order valence-corrected chi connectivity index (χ4v) is 2.50. The molecule has 8 heteroatoms. The number of rotatable bonds is 5. The number of nitrogens with one attached hydrogen (secondary N) is 3. The van der Waals surface area contributed by atoms with Gasteiger partial charge in [-0.3, -0.25) is 20.6 Å². The van der Waals surface area contributed by atoms with Crippen molar-refractivity contribution >= 4 is 47.2 Å². The number of nitrogens with zero attached hydrogens (tertiary/aromatic N) is 1. The highest BCUT2D eigenvalue weighted by atomic mass is 35.5. The summed E-state index contributed by atoms with van der Waals surface area (Å²) in [5.74, 6) is -0.803. The summed E-state index contributed by atoms with van der Waals surface area (Å²) in [6, 6.07) is 12.9. The molecule has 0 fully saturated rings. The summed E-state index contributed by atoms with van der Waals surface area (Å²) in [7, 11) is 1.61. The van der Waals surface area contributed by atoms with Crippen LogP contribution in [0.25, 0.3) is 10.8 Å². The van der Waals surface area contributed by atoms with E-state index in [1.807, 2.05) is 24.3 Å². The maximum absolute atomic E-state index is 13.9. The molecule has 3 rings (SSSR count). The standard InChI is InChI=1S/C18H17FN4O.2ClH/c1-20-17(15-4-2-3-5-16(15)19)18(24)23-22-14-7-6-13-11-21-9-8-12(13)10-14;;/h2-11,17,20,22H,1H3,(H,23,24);2*1H/t17-;;/m1../s1. The Kier molecular flexibility index (Phi) is 8.25. The maximum atomic E-state index is 13.9. The van der Waals surface area contributed by atoms with E-state index in [4.69, 9.17) is 0 Å². The van der Waals surface area contributed by atoms with E-state index in [0.29, 0.717) is 5.56 Å². The Balaban J connectivity index is 0.00000169. The smallest absolute Gasteiger partial charge is 0.260 e. The van der Waals surface area contributed by atoms with Gasteiger partial charge in [0.1, 0.15) is 11.9 Å². The molecule has 0 bridgehead atoms. The third-order valence-corrected chi connectivity index (χ3v) is 3.74. The predicted octanol–water partition coefficient (Wildman–Crippen LogP) is 3.62. The van der Waals surface area contributed by atoms with Gasteiger partial charge in [-0.15, -0.1) is 24.8 Å². The van der Waals surface area contributed by atoms with Crippen LogP contribution in [-0.2, 0) is 4.79 Å². The number of anilines is 1. The number of halogens is 3. The molecule has 3 aromatic rings. The van der Waals surface area contributed by atoms with Crippen LogP contribution in [0, 0.1) is 5.82 Å². The Morgan fingerprint density at radius 1 is 1.08 bits per heavy atom. The number of pyridine rings is 1. The number of likely N-dealkylation sites (N-methyl/N-ethyl adjacent to an activating group) is 1. The van der Waals surface area contributed by atoms with Crippen LogP contribution in [-0.4, -0.2) is 17.9 Å². The number of benzene rings is 2. The minimum Gasteiger partial charge on any atom is -0.305 e. The molecule has 26 heavy (non-hydrogen) atoms. The van der Waals surface area contributed by atoms with Gasteiger partial charge in [-0.05, 0) is 36.7 Å². The number of amides is 1. The number of carbonyl (C=O) groups is 1. The molecule has 1 amide bonds. The largest absolute Gasteiger partial charge is 0.305 e. The zero-order chi connectivity index (χ0) is 16.9. The van der Waals surface area contributed by atoms with Crippen LogP contribution in [0.2, 0.25) is 0 Å². The molecule has 0 saturated heterocycles. The lowest BCUT2D eigenvalue weighted by Crippen LogP contribution is -2.39. The van der Waals surface area contributed by atoms with Crippen molar-refractivity contribution in [3.05, 3.63) is 72.3 Å². The van der Waals surface area contributed by atoms with Gasteiger partial charge in [0.2, 0.25) is 0 Å². The number of carbonyl (C=O) groups excluding carboxylic acids is 1. The van der Waals surface area contributed by atoms with E-state index in [1.165, 1.54) is 6.07 Å². The number of fused-ring (bicyclic) bond motifs is 1. The first-order valence-corrected chi connectivity index (χ1v) is 7.50. The summed E-state index contributed by atoms with van der Waals surface area (Å²) in [6.45, 7) is 0. The molecule has 0 saturated carbocycles. The SMILES string of the molecule is CN[C@@H](C(=O)NNc1ccc2cnccc2c1)c1ccccc1F.Cl.Cl. The molecule has 138 valence electrons. The molecule has 0 radical (unpaired) electrons. The van der Waals surface area contributed by atoms with E-state index in [1.54, 1.807) is 37.6 Å². The van der Waals surface area contributed by atoms with Crippen LogP contribution in [0.1, 0.15) is 11.6 Å². The maximum Gasteiger partial charge on any atom is 0.260 e. The van der Waals surface area contributed by atoms with Crippen LogP contribution in [0.15, 0.2) is 60.9 Å². The first-order valence-electron chi connectivity index (χ1n) is 7.50. The summed E-state index contributed by atoms with van der Waals surface area (Å²) >= 11 is 0. The zero-order valence-electron chi connectivity index (χ0n) is 13.9. The summed E-state index contributed by atoms with van der Waals surface area (Å²) in [5, 5.41) is 4.84. The average molecular weight is 397 g/mol. The molecular formula is C18H19Cl2FN4O. The highest BCUT2D eigenvalue weighted by molar-refractivity contribution is 5.87. The molecule has 0 aliphatic rings. The minimum atomic E-state index is -0.789. The van der Waals surface area contributed by atoms with Crippen molar-refractivity contribution in [2.75, 3.05) is 12.5 Å². The Bertz CT molecular complexity index is 878. The third-order valence-electron chi connectivity index (χ3n) is 3.74. The average Bonchev–Trinajstić information content (AvgIpc) is 2.62. The van der Waals surface area contributed by atoms with E-state index in [9.17, 15) is 9.18 Å². The molecule has 0 unspecified atom stereocenters. The van der Waals surface area contributed by atoms with E-state index < -0.39 is 11.9 Å². The van der Waals surface area contributed by atoms with E-state index in [0.717, 1.165) is 16.5 Å². The molecule has 3 N–H and O–H groups in total. The zero-order valence-corrected chi connectivity index (χ0v) is 15.5. The van der Waals surface area contributed by atoms with Gasteiger partial charge in [-0.25, -0.2) is 4.39 Å². The quantitative estimate of drug-likeness (QED) is 0.576. The van der Waals surface area contributed by atoms with Crippen molar-refractivity contribution < 1.29 is 9.18 Å². The topological polar surface area (TPSA) is 66.1 Å². The van der Waals surface area contributed by atoms with Gasteiger partial charge in [0.05, 0.1) is 5.69 Å². The van der Waals surface area contributed by atoms with Crippen molar-refractivity contribution in [2.24, 2.45) is 0 Å². The van der Waals surface area contributed by atoms with Crippen molar-refractivity contribution in [1.82, 2.24) is 15.7 Å². The monoisotopic (exact) mass is 396 g/mol. The molecule has 1 aromatic heterocycles. The highest BCUT2D eigenvalue weighted by Gasteiger charge is 2.21. The highest BCUT2D eigenvalue weighted by Crippen LogP contribution is 2.19. The summed E-state index contributed by atoms with van der Waals surface area (Å²) in [6.07, 6.45) is 3.48. The Morgan fingerprint density at radius 3 is 2.58 bits per heavy atom. The second kappa shape index (κ2) is 9.91. The van der Waals surface area contributed by atoms with Crippen molar-refractivity contribution in [2.45, 2.75) is 6.04 Å². The van der Waals surface area contributed by atoms with Crippen molar-refractivity contribution in [1.29, 1.82) is 0 Å². The van der Waals surface area contributed by atoms with E-state index >= 15 is 0 Å². The fourth-order valence-electron chi connectivity index (χ4n) is 2.50. The minimum absolute atomic E-state index is 0. The summed E-state index contributed by atoms with van der Waals surface area (Å²) in [5.41, 5.74) is 6.49. The molecule has 0 spiro atoms. The number of hydrogen-bond acceptors (Lipinski definition) is 4. The van der Waals surface area contributed by atoms with Crippen LogP contribution in [0.5, 0.6) is 0 Å². The summed E-state index contributed by atoms with van der Waals surface area (Å²) in [4.78, 5) is 16.4. The Labute approximate surface area is 163 Å². The first-order chi connectivity index (χ1) is 11.7. The number of hydrogen-bond donors (Lipinski definition) is 3. The van der Waals surface area contributed by atoms with E-state index in [2.05, 4.69) is 21.2 Å². The number of hydrazine groups is 1. The van der Waals surface area contributed by atoms with Crippen LogP contribution in [0.4, 0.5) is 10.1 Å². The third kappa shape index (κ3) is 4.82. The lowest BCUT2D eigenvalue weighted by molar-refractivity contribution is -0.122. The molecular weight excluding hydrogens is 378 g/mol. The second-order valence-corrected chi connectivity index (χ2v) is 5.30. The number of aromatic nitrogens is 1. The van der Waals surface area contributed by atoms with Gasteiger partial charge in [0.25, 0.3) is 5.91 Å². The molecule has 1 heterocycles. The van der Waals surface area contributed by atoms with Gasteiger partial charge in [0, 0.05) is 23.3 Å². The van der Waals surface area contributed by atoms with Gasteiger partial charge in [-0.1, -0.05) is 24.3 Å². The van der Waals surface area contributed by atoms with Gasteiger partial charge < -0.3 is 5.32 Å². The fraction of sp³-hybridized carbons (Fsp3) is 0.111. The normalized spacial score (nSPS) is 11.0. The molecule has 0 aliphatic heterocycles. The van der Waals surface area contributed by atoms with E-state index in [-0.39, 0.29) is 30.7 Å². The lowest BCUT2D eigenvalue weighted by Gasteiger charge is -2.18. The van der Waals surface area contributed by atoms with Crippen LogP contribution in [0.3, 0.4) is 0 Å². The summed E-state index contributed by atoms with van der Waals surface area (Å²) < 4.78 is 13.9. The molecule has 1 atom stereocenters. The molecule has 5 nitrogen and oxygen atoms in total. The predicted molar refractivity (Wildman–Crippen MR) is 106 cm³/mol. The van der Waals surface area contributed by atoms with Crippen LogP contribution >= 0.6 is 24.8 Å². The van der Waals surface area contributed by atoms with Crippen LogP contribution < -0.4 is 16.2 Å². The molecule has 0 aliphatic carbocycles. The first kappa shape index (κ1) is 21.6. The Morgan fingerprint density at radius 2 is 1.85 bits per heavy atom. The second-order valence-electron chi connectivity index (χ2n) is 5.30. The lowest BCUT2D eigenvalue weighted by atomic mass is 10.1. The molecule has 2 aromatic carbocycles.